The fourth-order valence-corrected chi connectivity index (χ4v) is 10.5. The van der Waals surface area contributed by atoms with Crippen molar-refractivity contribution >= 4 is 95.3 Å². The fourth-order valence-electron chi connectivity index (χ4n) is 8.18. The summed E-state index contributed by atoms with van der Waals surface area (Å²) in [5.41, 5.74) is 7.57. The molecule has 0 fully saturated rings. The van der Waals surface area contributed by atoms with E-state index in [2.05, 4.69) is 170 Å². The Morgan fingerprint density at radius 1 is 0.260 bits per heavy atom. The van der Waals surface area contributed by atoms with Crippen LogP contribution in [0.2, 0.25) is 0 Å². The molecule has 50 heavy (non-hydrogen) atoms. The molecule has 232 valence electrons. The highest BCUT2D eigenvalue weighted by Gasteiger charge is 2.17. The molecular weight excluding hydrogens is 641 g/mol. The van der Waals surface area contributed by atoms with E-state index in [1.807, 2.05) is 22.7 Å². The van der Waals surface area contributed by atoms with Gasteiger partial charge in [-0.2, -0.15) is 0 Å². The molecule has 0 radical (unpaired) electrons. The molecular formula is C48H28S2. The van der Waals surface area contributed by atoms with Crippen molar-refractivity contribution in [1.82, 2.24) is 0 Å². The Hall–Kier alpha value is -5.80. The minimum Gasteiger partial charge on any atom is -0.135 e. The van der Waals surface area contributed by atoms with Crippen LogP contribution in [-0.2, 0) is 0 Å². The van der Waals surface area contributed by atoms with Crippen LogP contribution in [0.1, 0.15) is 0 Å². The average molecular weight is 669 g/mol. The van der Waals surface area contributed by atoms with Crippen molar-refractivity contribution in [3.63, 3.8) is 0 Å². The van der Waals surface area contributed by atoms with Gasteiger partial charge in [0, 0.05) is 40.3 Å². The van der Waals surface area contributed by atoms with Crippen LogP contribution >= 0.6 is 22.7 Å². The van der Waals surface area contributed by atoms with E-state index in [1.165, 1.54) is 106 Å². The van der Waals surface area contributed by atoms with E-state index < -0.39 is 0 Å². The van der Waals surface area contributed by atoms with Gasteiger partial charge in [0.1, 0.15) is 0 Å². The maximum absolute atomic E-state index is 2.44. The van der Waals surface area contributed by atoms with Gasteiger partial charge < -0.3 is 0 Å². The summed E-state index contributed by atoms with van der Waals surface area (Å²) in [6.45, 7) is 0. The van der Waals surface area contributed by atoms with Crippen molar-refractivity contribution in [3.8, 4) is 33.4 Å². The van der Waals surface area contributed by atoms with Gasteiger partial charge in [0.2, 0.25) is 0 Å². The highest BCUT2D eigenvalue weighted by Crippen LogP contribution is 2.45. The summed E-state index contributed by atoms with van der Waals surface area (Å²) in [7, 11) is 0. The Morgan fingerprint density at radius 2 is 0.800 bits per heavy atom. The molecule has 2 aromatic heterocycles. The zero-order chi connectivity index (χ0) is 32.8. The van der Waals surface area contributed by atoms with Crippen molar-refractivity contribution in [2.45, 2.75) is 0 Å². The fraction of sp³-hybridized carbons (Fsp3) is 0. The molecule has 11 aromatic rings. The van der Waals surface area contributed by atoms with E-state index >= 15 is 0 Å². The Labute approximate surface area is 297 Å². The minimum absolute atomic E-state index is 1.24. The number of hydrogen-bond donors (Lipinski definition) is 0. The van der Waals surface area contributed by atoms with Crippen LogP contribution in [0.3, 0.4) is 0 Å². The van der Waals surface area contributed by atoms with Gasteiger partial charge in [0.25, 0.3) is 0 Å². The van der Waals surface area contributed by atoms with Gasteiger partial charge in [-0.25, -0.2) is 0 Å². The Kier molecular flexibility index (Phi) is 6.09. The highest BCUT2D eigenvalue weighted by atomic mass is 32.1. The Morgan fingerprint density at radius 3 is 1.50 bits per heavy atom. The lowest BCUT2D eigenvalue weighted by Crippen LogP contribution is -1.90. The second kappa shape index (κ2) is 10.9. The molecule has 0 saturated carbocycles. The van der Waals surface area contributed by atoms with Crippen molar-refractivity contribution in [2.75, 3.05) is 0 Å². The first-order valence-electron chi connectivity index (χ1n) is 17.1. The lowest BCUT2D eigenvalue weighted by molar-refractivity contribution is 1.63. The predicted molar refractivity (Wildman–Crippen MR) is 221 cm³/mol. The number of hydrogen-bond acceptors (Lipinski definition) is 2. The molecule has 0 amide bonds. The van der Waals surface area contributed by atoms with Gasteiger partial charge in [0.15, 0.2) is 0 Å². The smallest absolute Gasteiger partial charge is 0.0361 e. The molecule has 0 spiro atoms. The first-order chi connectivity index (χ1) is 24.8. The van der Waals surface area contributed by atoms with Gasteiger partial charge in [-0.1, -0.05) is 140 Å². The first-order valence-corrected chi connectivity index (χ1v) is 18.7. The third-order valence-electron chi connectivity index (χ3n) is 10.5. The van der Waals surface area contributed by atoms with Crippen LogP contribution in [0.15, 0.2) is 170 Å². The summed E-state index contributed by atoms with van der Waals surface area (Å²) in [5.74, 6) is 0. The summed E-state index contributed by atoms with van der Waals surface area (Å²) in [6.07, 6.45) is 0. The molecule has 9 aromatic carbocycles. The molecule has 0 N–H and O–H groups in total. The van der Waals surface area contributed by atoms with Crippen LogP contribution < -0.4 is 0 Å². The lowest BCUT2D eigenvalue weighted by atomic mass is 9.86. The molecule has 2 heterocycles. The second-order valence-corrected chi connectivity index (χ2v) is 15.4. The first kappa shape index (κ1) is 28.1. The molecule has 0 unspecified atom stereocenters. The second-order valence-electron chi connectivity index (χ2n) is 13.2. The predicted octanol–water partition coefficient (Wildman–Crippen LogP) is 14.9. The van der Waals surface area contributed by atoms with Gasteiger partial charge in [0.05, 0.1) is 0 Å². The van der Waals surface area contributed by atoms with E-state index in [0.717, 1.165) is 0 Å². The van der Waals surface area contributed by atoms with Gasteiger partial charge >= 0.3 is 0 Å². The van der Waals surface area contributed by atoms with Gasteiger partial charge in [-0.3, -0.25) is 0 Å². The molecule has 0 bridgehead atoms. The zero-order valence-corrected chi connectivity index (χ0v) is 28.6. The molecule has 0 nitrogen and oxygen atoms in total. The summed E-state index contributed by atoms with van der Waals surface area (Å²) < 4.78 is 5.39. The molecule has 0 aliphatic heterocycles. The SMILES string of the molecule is c1ccc(-c2c3ccccc3c(-c3ccc(-c4ccc5c(c4)sc4cc6ccc7sc8ccccc8c7c6cc45)cc3)c3ccccc23)cc1. The van der Waals surface area contributed by atoms with Crippen molar-refractivity contribution < 1.29 is 0 Å². The summed E-state index contributed by atoms with van der Waals surface area (Å²) in [6, 6.07) is 63.0. The highest BCUT2D eigenvalue weighted by molar-refractivity contribution is 7.26. The maximum atomic E-state index is 2.44. The van der Waals surface area contributed by atoms with Gasteiger partial charge in [-0.15, -0.1) is 22.7 Å². The standard InChI is InChI=1S/C48H28S2/c1-2-10-30(11-3-1)46-35-12-4-6-14-37(35)47(38-15-7-5-13-36(38)46)31-20-18-29(19-21-31)32-22-24-34-41-28-40-33(27-45(41)50-44(34)26-32)23-25-43-48(40)39-16-8-9-17-42(39)49-43/h1-28H. The van der Waals surface area contributed by atoms with Crippen molar-refractivity contribution in [1.29, 1.82) is 0 Å². The average Bonchev–Trinajstić information content (AvgIpc) is 3.74. The number of thiophene rings is 2. The normalized spacial score (nSPS) is 12.0. The Bertz CT molecular complexity index is 3070. The summed E-state index contributed by atoms with van der Waals surface area (Å²) in [4.78, 5) is 0. The van der Waals surface area contributed by atoms with Crippen LogP contribution in [0, 0.1) is 0 Å². The summed E-state index contributed by atoms with van der Waals surface area (Å²) in [5, 5.41) is 13.2. The van der Waals surface area contributed by atoms with Crippen molar-refractivity contribution in [3.05, 3.63) is 170 Å². The monoisotopic (exact) mass is 668 g/mol. The van der Waals surface area contributed by atoms with E-state index in [0.29, 0.717) is 0 Å². The minimum atomic E-state index is 1.24. The van der Waals surface area contributed by atoms with E-state index in [9.17, 15) is 0 Å². The molecule has 0 saturated heterocycles. The Balaban J connectivity index is 1.04. The van der Waals surface area contributed by atoms with E-state index in [4.69, 9.17) is 0 Å². The zero-order valence-electron chi connectivity index (χ0n) is 27.0. The van der Waals surface area contributed by atoms with Crippen LogP contribution in [0.4, 0.5) is 0 Å². The maximum Gasteiger partial charge on any atom is 0.0361 e. The quantitative estimate of drug-likeness (QED) is 0.164. The molecule has 0 aliphatic rings. The summed E-state index contributed by atoms with van der Waals surface area (Å²) >= 11 is 3.79. The lowest BCUT2D eigenvalue weighted by Gasteiger charge is -2.18. The largest absolute Gasteiger partial charge is 0.135 e. The van der Waals surface area contributed by atoms with Gasteiger partial charge in [-0.05, 0) is 96.0 Å². The topological polar surface area (TPSA) is 0 Å². The van der Waals surface area contributed by atoms with Crippen LogP contribution in [0.25, 0.3) is 106 Å². The third-order valence-corrected chi connectivity index (χ3v) is 12.7. The molecule has 2 heteroatoms. The van der Waals surface area contributed by atoms with Crippen molar-refractivity contribution in [2.24, 2.45) is 0 Å². The van der Waals surface area contributed by atoms with E-state index in [1.54, 1.807) is 0 Å². The third kappa shape index (κ3) is 4.16. The van der Waals surface area contributed by atoms with E-state index in [-0.39, 0.29) is 0 Å². The van der Waals surface area contributed by atoms with Crippen LogP contribution in [0.5, 0.6) is 0 Å². The number of benzene rings is 9. The number of rotatable bonds is 3. The number of fused-ring (bicyclic) bond motifs is 10. The molecule has 0 aliphatic carbocycles. The molecule has 0 atom stereocenters. The molecule has 11 rings (SSSR count). The van der Waals surface area contributed by atoms with Crippen LogP contribution in [-0.4, -0.2) is 0 Å².